The van der Waals surface area contributed by atoms with Gasteiger partial charge in [-0.05, 0) is 41.1 Å². The topological polar surface area (TPSA) is 32.3 Å². The Balaban J connectivity index is 1.55. The fraction of sp³-hybridized carbons (Fsp3) is 0.190. The number of nitrogens with zero attached hydrogens (tertiary/aromatic N) is 1. The summed E-state index contributed by atoms with van der Waals surface area (Å²) in [6.07, 6.45) is 0.898. The number of fused-ring (bicyclic) bond motifs is 1. The Bertz CT molecular complexity index is 958. The molecular weight excluding hydrogens is 366 g/mol. The maximum absolute atomic E-state index is 13.4. The summed E-state index contributed by atoms with van der Waals surface area (Å²) in [5, 5.41) is 4.75. The maximum atomic E-state index is 13.4. The molecule has 1 atom stereocenters. The first-order chi connectivity index (χ1) is 13.1. The zero-order valence-electron chi connectivity index (χ0n) is 14.5. The van der Waals surface area contributed by atoms with E-state index in [1.807, 2.05) is 18.2 Å². The molecule has 1 aromatic heterocycles. The lowest BCUT2D eigenvalue weighted by Gasteiger charge is -2.35. The lowest BCUT2D eigenvalue weighted by Crippen LogP contribution is -2.40. The molecule has 0 saturated heterocycles. The van der Waals surface area contributed by atoms with E-state index in [4.69, 9.17) is 0 Å². The van der Waals surface area contributed by atoms with E-state index in [9.17, 15) is 13.6 Å². The smallest absolute Gasteiger partial charge is 0.238 e. The third-order valence-corrected chi connectivity index (χ3v) is 5.73. The molecular formula is C21H18F2N2OS. The number of nitrogens with one attached hydrogen (secondary N) is 1. The molecule has 0 radical (unpaired) electrons. The number of carbonyl (C=O) groups excluding carboxylic acids is 1. The number of halogens is 2. The number of thiophene rings is 1. The second-order valence-corrected chi connectivity index (χ2v) is 7.51. The average molecular weight is 384 g/mol. The van der Waals surface area contributed by atoms with Crippen LogP contribution < -0.4 is 5.32 Å². The Morgan fingerprint density at radius 1 is 1.11 bits per heavy atom. The predicted molar refractivity (Wildman–Crippen MR) is 103 cm³/mol. The molecule has 0 unspecified atom stereocenters. The van der Waals surface area contributed by atoms with Crippen LogP contribution in [0.25, 0.3) is 0 Å². The van der Waals surface area contributed by atoms with Crippen molar-refractivity contribution < 1.29 is 13.6 Å². The summed E-state index contributed by atoms with van der Waals surface area (Å²) < 4.78 is 26.4. The fourth-order valence-corrected chi connectivity index (χ4v) is 4.43. The normalized spacial score (nSPS) is 16.7. The zero-order chi connectivity index (χ0) is 18.8. The molecule has 1 N–H and O–H groups in total. The third kappa shape index (κ3) is 3.77. The van der Waals surface area contributed by atoms with Gasteiger partial charge in [-0.1, -0.05) is 30.3 Å². The van der Waals surface area contributed by atoms with Crippen molar-refractivity contribution >= 4 is 22.9 Å². The van der Waals surface area contributed by atoms with Crippen molar-refractivity contribution in [3.05, 3.63) is 87.6 Å². The minimum atomic E-state index is -0.976. The Morgan fingerprint density at radius 2 is 1.93 bits per heavy atom. The molecule has 1 aliphatic heterocycles. The van der Waals surface area contributed by atoms with Crippen LogP contribution in [0.1, 0.15) is 22.0 Å². The molecule has 27 heavy (non-hydrogen) atoms. The molecule has 138 valence electrons. The van der Waals surface area contributed by atoms with Gasteiger partial charge in [0.1, 0.15) is 0 Å². The number of anilines is 1. The van der Waals surface area contributed by atoms with E-state index in [1.165, 1.54) is 16.5 Å². The molecule has 3 aromatic rings. The standard InChI is InChI=1S/C21H18F2N2OS/c22-17-7-6-15(12-18(17)23)24-20(26)13-25-10-8-19-16(9-11-27-19)21(25)14-4-2-1-3-5-14/h1-7,9,11-12,21H,8,10,13H2,(H,24,26)/t21-/m0/s1. The molecule has 1 aliphatic rings. The number of hydrogen-bond donors (Lipinski definition) is 1. The molecule has 2 heterocycles. The molecule has 3 nitrogen and oxygen atoms in total. The van der Waals surface area contributed by atoms with Gasteiger partial charge in [0.25, 0.3) is 0 Å². The van der Waals surface area contributed by atoms with E-state index in [1.54, 1.807) is 11.3 Å². The van der Waals surface area contributed by atoms with Crippen LogP contribution >= 0.6 is 11.3 Å². The van der Waals surface area contributed by atoms with Gasteiger partial charge < -0.3 is 5.32 Å². The number of rotatable bonds is 4. The van der Waals surface area contributed by atoms with Gasteiger partial charge in [0.15, 0.2) is 11.6 Å². The van der Waals surface area contributed by atoms with Gasteiger partial charge in [-0.2, -0.15) is 0 Å². The highest BCUT2D eigenvalue weighted by Crippen LogP contribution is 2.37. The van der Waals surface area contributed by atoms with E-state index >= 15 is 0 Å². The number of hydrogen-bond acceptors (Lipinski definition) is 3. The van der Waals surface area contributed by atoms with Crippen molar-refractivity contribution in [1.29, 1.82) is 0 Å². The first-order valence-corrected chi connectivity index (χ1v) is 9.60. The van der Waals surface area contributed by atoms with Crippen molar-refractivity contribution in [1.82, 2.24) is 4.90 Å². The van der Waals surface area contributed by atoms with Crippen LogP contribution in [0.15, 0.2) is 60.0 Å². The zero-order valence-corrected chi connectivity index (χ0v) is 15.3. The molecule has 2 aromatic carbocycles. The quantitative estimate of drug-likeness (QED) is 0.712. The van der Waals surface area contributed by atoms with Gasteiger partial charge in [-0.3, -0.25) is 9.69 Å². The summed E-state index contributed by atoms with van der Waals surface area (Å²) in [4.78, 5) is 16.0. The molecule has 0 saturated carbocycles. The van der Waals surface area contributed by atoms with Crippen LogP contribution in [0.4, 0.5) is 14.5 Å². The van der Waals surface area contributed by atoms with Gasteiger partial charge in [0.2, 0.25) is 5.91 Å². The molecule has 1 amide bonds. The van der Waals surface area contributed by atoms with E-state index in [0.29, 0.717) is 0 Å². The van der Waals surface area contributed by atoms with E-state index in [0.717, 1.165) is 30.7 Å². The summed E-state index contributed by atoms with van der Waals surface area (Å²) >= 11 is 1.75. The first kappa shape index (κ1) is 17.8. The van der Waals surface area contributed by atoms with Crippen LogP contribution in [0.2, 0.25) is 0 Å². The van der Waals surface area contributed by atoms with E-state index < -0.39 is 11.6 Å². The second kappa shape index (κ2) is 7.58. The van der Waals surface area contributed by atoms with E-state index in [2.05, 4.69) is 33.8 Å². The Kier molecular flexibility index (Phi) is 5.01. The number of carbonyl (C=O) groups is 1. The number of benzene rings is 2. The van der Waals surface area contributed by atoms with Crippen molar-refractivity contribution in [2.45, 2.75) is 12.5 Å². The minimum Gasteiger partial charge on any atom is -0.325 e. The lowest BCUT2D eigenvalue weighted by molar-refractivity contribution is -0.117. The van der Waals surface area contributed by atoms with E-state index in [-0.39, 0.29) is 24.2 Å². The lowest BCUT2D eigenvalue weighted by atomic mass is 9.93. The SMILES string of the molecule is O=C(CN1CCc2sccc2[C@@H]1c1ccccc1)Nc1ccc(F)c(F)c1. The monoisotopic (exact) mass is 384 g/mol. The van der Waals surface area contributed by atoms with Crippen LogP contribution in [0.3, 0.4) is 0 Å². The Hall–Kier alpha value is -2.57. The van der Waals surface area contributed by atoms with Crippen molar-refractivity contribution in [3.8, 4) is 0 Å². The molecule has 0 aliphatic carbocycles. The third-order valence-electron chi connectivity index (χ3n) is 4.73. The molecule has 0 spiro atoms. The predicted octanol–water partition coefficient (Wildman–Crippen LogP) is 4.61. The molecule has 4 rings (SSSR count). The fourth-order valence-electron chi connectivity index (χ4n) is 3.52. The van der Waals surface area contributed by atoms with Crippen LogP contribution in [0.5, 0.6) is 0 Å². The summed E-state index contributed by atoms with van der Waals surface area (Å²) in [5.41, 5.74) is 2.62. The highest BCUT2D eigenvalue weighted by molar-refractivity contribution is 7.10. The average Bonchev–Trinajstić information content (AvgIpc) is 3.14. The highest BCUT2D eigenvalue weighted by atomic mass is 32.1. The van der Waals surface area contributed by atoms with Crippen LogP contribution in [0, 0.1) is 11.6 Å². The van der Waals surface area contributed by atoms with Crippen LogP contribution in [-0.4, -0.2) is 23.9 Å². The van der Waals surface area contributed by atoms with Gasteiger partial charge in [-0.25, -0.2) is 8.78 Å². The first-order valence-electron chi connectivity index (χ1n) is 8.72. The van der Waals surface area contributed by atoms with Gasteiger partial charge in [0.05, 0.1) is 12.6 Å². The Morgan fingerprint density at radius 3 is 2.70 bits per heavy atom. The van der Waals surface area contributed by atoms with Crippen molar-refractivity contribution in [2.75, 3.05) is 18.4 Å². The maximum Gasteiger partial charge on any atom is 0.238 e. The van der Waals surface area contributed by atoms with Crippen molar-refractivity contribution in [2.24, 2.45) is 0 Å². The molecule has 0 bridgehead atoms. The van der Waals surface area contributed by atoms with Gasteiger partial charge in [-0.15, -0.1) is 11.3 Å². The number of amides is 1. The second-order valence-electron chi connectivity index (χ2n) is 6.51. The largest absolute Gasteiger partial charge is 0.325 e. The van der Waals surface area contributed by atoms with Gasteiger partial charge in [0, 0.05) is 23.2 Å². The van der Waals surface area contributed by atoms with Gasteiger partial charge >= 0.3 is 0 Å². The summed E-state index contributed by atoms with van der Waals surface area (Å²) in [6.45, 7) is 0.937. The summed E-state index contributed by atoms with van der Waals surface area (Å²) in [6, 6.07) is 15.6. The summed E-state index contributed by atoms with van der Waals surface area (Å²) in [7, 11) is 0. The molecule has 0 fully saturated rings. The minimum absolute atomic E-state index is 0.0110. The highest BCUT2D eigenvalue weighted by Gasteiger charge is 2.30. The molecule has 6 heteroatoms. The summed E-state index contributed by atoms with van der Waals surface area (Å²) in [5.74, 6) is -2.16. The van der Waals surface area contributed by atoms with Crippen LogP contribution in [-0.2, 0) is 11.2 Å². The Labute approximate surface area is 160 Å². The van der Waals surface area contributed by atoms with Crippen molar-refractivity contribution in [3.63, 3.8) is 0 Å².